The summed E-state index contributed by atoms with van der Waals surface area (Å²) in [7, 11) is 0. The summed E-state index contributed by atoms with van der Waals surface area (Å²) in [4.78, 5) is 0. The van der Waals surface area contributed by atoms with Gasteiger partial charge in [0.15, 0.2) is 0 Å². The molecule has 0 aromatic heterocycles. The Morgan fingerprint density at radius 3 is 2.50 bits per heavy atom. The summed E-state index contributed by atoms with van der Waals surface area (Å²) in [5, 5.41) is 23.9. The molecule has 13 saturated carbocycles. The van der Waals surface area contributed by atoms with Crippen LogP contribution in [0.5, 0.6) is 0 Å². The zero-order valence-electron chi connectivity index (χ0n) is 14.3. The van der Waals surface area contributed by atoms with Gasteiger partial charge in [0.05, 0.1) is 11.2 Å². The summed E-state index contributed by atoms with van der Waals surface area (Å²) in [6.45, 7) is 0. The summed E-state index contributed by atoms with van der Waals surface area (Å²) in [6, 6.07) is 0. The molecule has 13 aliphatic rings. The van der Waals surface area contributed by atoms with Gasteiger partial charge in [-0.2, -0.15) is 0 Å². The zero-order chi connectivity index (χ0) is 15.4. The van der Waals surface area contributed by atoms with E-state index in [1.165, 1.54) is 32.1 Å². The number of aliphatic hydroxyl groups is 2. The first-order valence-corrected chi connectivity index (χ1v) is 11.0. The van der Waals surface area contributed by atoms with E-state index in [2.05, 4.69) is 0 Å². The molecule has 14 bridgehead atoms. The first-order chi connectivity index (χ1) is 11.5. The Kier molecular flexibility index (Phi) is 1.48. The largest absolute Gasteiger partial charge is 0.390 e. The molecule has 0 heterocycles. The van der Waals surface area contributed by atoms with E-state index in [4.69, 9.17) is 0 Å². The van der Waals surface area contributed by atoms with Crippen LogP contribution in [0.1, 0.15) is 51.4 Å². The third-order valence-corrected chi connectivity index (χ3v) is 12.6. The topological polar surface area (TPSA) is 40.5 Å². The normalized spacial score (nSPS) is 85.2. The zero-order valence-corrected chi connectivity index (χ0v) is 14.3. The van der Waals surface area contributed by atoms with E-state index in [9.17, 15) is 10.2 Å². The van der Waals surface area contributed by atoms with Crippen molar-refractivity contribution in [1.82, 2.24) is 0 Å². The fraction of sp³-hybridized carbons (Fsp3) is 1.00. The highest BCUT2D eigenvalue weighted by Gasteiger charge is 2.92. The molecule has 13 rings (SSSR count). The maximum absolute atomic E-state index is 12.5. The van der Waals surface area contributed by atoms with Crippen molar-refractivity contribution in [3.8, 4) is 0 Å². The van der Waals surface area contributed by atoms with Crippen LogP contribution in [0.3, 0.4) is 0 Å². The molecule has 128 valence electrons. The number of rotatable bonds is 0. The molecular formula is C22H28O2. The summed E-state index contributed by atoms with van der Waals surface area (Å²) in [6.07, 6.45) is 10.3. The van der Waals surface area contributed by atoms with Crippen molar-refractivity contribution in [1.29, 1.82) is 0 Å². The molecular weight excluding hydrogens is 296 g/mol. The molecule has 13 aliphatic carbocycles. The average molecular weight is 324 g/mol. The quantitative estimate of drug-likeness (QED) is 0.719. The van der Waals surface area contributed by atoms with Crippen LogP contribution in [0.4, 0.5) is 0 Å². The van der Waals surface area contributed by atoms with Gasteiger partial charge in [-0.05, 0) is 116 Å². The van der Waals surface area contributed by atoms with Crippen molar-refractivity contribution < 1.29 is 10.2 Å². The predicted octanol–water partition coefficient (Wildman–Crippen LogP) is 2.83. The Morgan fingerprint density at radius 1 is 0.708 bits per heavy atom. The Bertz CT molecular complexity index is 748. The minimum absolute atomic E-state index is 0.144. The predicted molar refractivity (Wildman–Crippen MR) is 86.6 cm³/mol. The van der Waals surface area contributed by atoms with E-state index >= 15 is 0 Å². The third-order valence-electron chi connectivity index (χ3n) is 12.6. The summed E-state index contributed by atoms with van der Waals surface area (Å²) >= 11 is 0. The van der Waals surface area contributed by atoms with Crippen LogP contribution in [0.2, 0.25) is 0 Å². The minimum atomic E-state index is -0.401. The van der Waals surface area contributed by atoms with Crippen molar-refractivity contribution >= 4 is 0 Å². The average Bonchev–Trinajstić information content (AvgIpc) is 2.52. The van der Waals surface area contributed by atoms with Crippen molar-refractivity contribution in [2.24, 2.45) is 70.0 Å². The fourth-order valence-corrected chi connectivity index (χ4v) is 13.5. The molecule has 0 unspecified atom stereocenters. The smallest absolute Gasteiger partial charge is 0.0775 e. The Hall–Kier alpha value is -0.0800. The Labute approximate surface area is 143 Å². The van der Waals surface area contributed by atoms with Gasteiger partial charge >= 0.3 is 0 Å². The SMILES string of the molecule is O[C@@]12C[C@@H]3[C@@H]4C[C@]56C[C@H]7C[C@@H]8[C@@H]9C[C@@](C1)([C@@H]3[C@H]5[C@H]9C7)[C@@](O)([C@H]86)[C@H]4C2. The number of hydrogen-bond acceptors (Lipinski definition) is 2. The van der Waals surface area contributed by atoms with Gasteiger partial charge in [-0.3, -0.25) is 0 Å². The first kappa shape index (κ1) is 12.3. The van der Waals surface area contributed by atoms with Gasteiger partial charge in [0, 0.05) is 5.41 Å². The van der Waals surface area contributed by atoms with Gasteiger partial charge in [-0.15, -0.1) is 0 Å². The van der Waals surface area contributed by atoms with E-state index in [-0.39, 0.29) is 11.0 Å². The molecule has 2 spiro atoms. The van der Waals surface area contributed by atoms with Crippen LogP contribution in [-0.4, -0.2) is 21.4 Å². The van der Waals surface area contributed by atoms with E-state index in [0.717, 1.165) is 66.6 Å². The minimum Gasteiger partial charge on any atom is -0.390 e. The lowest BCUT2D eigenvalue weighted by Crippen LogP contribution is -2.93. The van der Waals surface area contributed by atoms with Crippen molar-refractivity contribution in [2.75, 3.05) is 0 Å². The maximum atomic E-state index is 12.5. The second-order valence-corrected chi connectivity index (χ2v) is 12.4. The monoisotopic (exact) mass is 324 g/mol. The van der Waals surface area contributed by atoms with Gasteiger partial charge in [-0.1, -0.05) is 0 Å². The van der Waals surface area contributed by atoms with E-state index in [0.29, 0.717) is 17.3 Å². The van der Waals surface area contributed by atoms with Crippen LogP contribution in [0, 0.1) is 70.0 Å². The third kappa shape index (κ3) is 0.794. The van der Waals surface area contributed by atoms with Crippen molar-refractivity contribution in [3.63, 3.8) is 0 Å². The summed E-state index contributed by atoms with van der Waals surface area (Å²) in [5.74, 6) is 8.23. The highest BCUT2D eigenvalue weighted by molar-refractivity contribution is 5.41. The molecule has 0 radical (unpaired) electrons. The highest BCUT2D eigenvalue weighted by Crippen LogP contribution is 2.93. The summed E-state index contributed by atoms with van der Waals surface area (Å²) < 4.78 is 0. The Balaban J connectivity index is 1.43. The van der Waals surface area contributed by atoms with Crippen molar-refractivity contribution in [2.45, 2.75) is 62.6 Å². The van der Waals surface area contributed by atoms with Gasteiger partial charge in [0.1, 0.15) is 0 Å². The van der Waals surface area contributed by atoms with E-state index in [1.54, 1.807) is 0 Å². The second kappa shape index (κ2) is 2.87. The Morgan fingerprint density at radius 2 is 1.58 bits per heavy atom. The molecule has 13 fully saturated rings. The maximum Gasteiger partial charge on any atom is 0.0775 e. The van der Waals surface area contributed by atoms with E-state index in [1.807, 2.05) is 0 Å². The lowest BCUT2D eigenvalue weighted by atomic mass is 9.12. The fourth-order valence-electron chi connectivity index (χ4n) is 13.5. The van der Waals surface area contributed by atoms with Gasteiger partial charge in [0.25, 0.3) is 0 Å². The molecule has 2 heteroatoms. The van der Waals surface area contributed by atoms with Gasteiger partial charge < -0.3 is 10.2 Å². The van der Waals surface area contributed by atoms with Crippen LogP contribution < -0.4 is 0 Å². The molecule has 2 N–H and O–H groups in total. The first-order valence-electron chi connectivity index (χ1n) is 11.0. The lowest BCUT2D eigenvalue weighted by molar-refractivity contribution is -0.488. The van der Waals surface area contributed by atoms with Crippen LogP contribution in [0.25, 0.3) is 0 Å². The molecule has 14 atom stereocenters. The van der Waals surface area contributed by atoms with Gasteiger partial charge in [-0.25, -0.2) is 0 Å². The molecule has 0 saturated heterocycles. The molecule has 0 amide bonds. The van der Waals surface area contributed by atoms with Crippen LogP contribution >= 0.6 is 0 Å². The van der Waals surface area contributed by atoms with Crippen LogP contribution in [-0.2, 0) is 0 Å². The standard InChI is InChI=1S/C22H28O2/c23-19-4-14-13-5-20-3-9-1-10-12-6-21(8-19,17(14)16(10)20)22(24,15(13)7-19)18(20)11(12)2-9/h9-18,23-24H,1-8H2/t9-,10+,11-,12-,13+,14-,15+,16-,17+,18-,19-,20-,21-,22+/m1/s1. The lowest BCUT2D eigenvalue weighted by Gasteiger charge is -2.93. The van der Waals surface area contributed by atoms with Crippen molar-refractivity contribution in [3.05, 3.63) is 0 Å². The molecule has 24 heavy (non-hydrogen) atoms. The highest BCUT2D eigenvalue weighted by atomic mass is 16.3. The molecule has 2 nitrogen and oxygen atoms in total. The molecule has 0 aromatic carbocycles. The summed E-state index contributed by atoms with van der Waals surface area (Å²) in [5.41, 5.74) is -0.0668. The van der Waals surface area contributed by atoms with E-state index < -0.39 is 5.60 Å². The number of hydrogen-bond donors (Lipinski definition) is 2. The second-order valence-electron chi connectivity index (χ2n) is 12.4. The molecule has 0 aromatic rings. The van der Waals surface area contributed by atoms with Crippen LogP contribution in [0.15, 0.2) is 0 Å². The van der Waals surface area contributed by atoms with Gasteiger partial charge in [0.2, 0.25) is 0 Å². The molecule has 0 aliphatic heterocycles.